The number of halogens is 2. The Morgan fingerprint density at radius 1 is 1.00 bits per heavy atom. The Hall–Kier alpha value is -4.12. The molecule has 0 radical (unpaired) electrons. The molecule has 42 heavy (non-hydrogen) atoms. The standard InChI is InChI=1S/C32H33F2N3O5/c1-3-10-25(38)27-28(39)31(33,34)32(42-27,37-20-19-26(35)36-29(37)40)30(21-11-6-4-7-12-21,22-13-8-5-9-14-22)23-15-17-24(41-2)18-16-23/h4-9,11-20,25,27-28,38-39H,3,10H2,1-2H3,(H2,35,36,40)/t25-,27-,28-,32-/m1/s1. The summed E-state index contributed by atoms with van der Waals surface area (Å²) >= 11 is 0. The first-order chi connectivity index (χ1) is 20.1. The third kappa shape index (κ3) is 4.29. The molecule has 0 saturated carbocycles. The van der Waals surface area contributed by atoms with Crippen molar-refractivity contribution in [3.8, 4) is 5.75 Å². The molecule has 5 rings (SSSR count). The number of hydrogen-bond acceptors (Lipinski definition) is 7. The van der Waals surface area contributed by atoms with Gasteiger partial charge in [-0.3, -0.25) is 4.57 Å². The van der Waals surface area contributed by atoms with E-state index in [0.717, 1.165) is 6.20 Å². The lowest BCUT2D eigenvalue weighted by molar-refractivity contribution is -0.248. The van der Waals surface area contributed by atoms with Crippen LogP contribution in [0.5, 0.6) is 5.75 Å². The van der Waals surface area contributed by atoms with Crippen LogP contribution < -0.4 is 16.2 Å². The van der Waals surface area contributed by atoms with Crippen LogP contribution in [0, 0.1) is 0 Å². The number of methoxy groups -OCH3 is 1. The van der Waals surface area contributed by atoms with Crippen molar-refractivity contribution in [3.63, 3.8) is 0 Å². The number of nitrogen functional groups attached to an aromatic ring is 1. The highest BCUT2D eigenvalue weighted by Gasteiger charge is 2.79. The first-order valence-corrected chi connectivity index (χ1v) is 13.7. The largest absolute Gasteiger partial charge is 0.497 e. The van der Waals surface area contributed by atoms with Gasteiger partial charge in [0.15, 0.2) is 6.10 Å². The Morgan fingerprint density at radius 2 is 1.55 bits per heavy atom. The van der Waals surface area contributed by atoms with Crippen molar-refractivity contribution in [1.82, 2.24) is 9.55 Å². The number of nitrogens with zero attached hydrogens (tertiary/aromatic N) is 2. The van der Waals surface area contributed by atoms with Crippen molar-refractivity contribution in [3.05, 3.63) is 124 Å². The van der Waals surface area contributed by atoms with Crippen molar-refractivity contribution in [1.29, 1.82) is 0 Å². The Bertz CT molecular complexity index is 1530. The number of hydrogen-bond donors (Lipinski definition) is 3. The van der Waals surface area contributed by atoms with Crippen molar-refractivity contribution in [2.24, 2.45) is 0 Å². The molecule has 2 heterocycles. The van der Waals surface area contributed by atoms with E-state index in [2.05, 4.69) is 4.98 Å². The van der Waals surface area contributed by atoms with E-state index in [0.29, 0.717) is 33.4 Å². The van der Waals surface area contributed by atoms with Gasteiger partial charge in [-0.05, 0) is 41.3 Å². The fraction of sp³-hybridized carbons (Fsp3) is 0.312. The van der Waals surface area contributed by atoms with E-state index in [1.54, 1.807) is 91.9 Å². The molecule has 0 bridgehead atoms. The van der Waals surface area contributed by atoms with Gasteiger partial charge in [0.2, 0.25) is 5.72 Å². The van der Waals surface area contributed by atoms with E-state index in [1.165, 1.54) is 13.2 Å². The molecular weight excluding hydrogens is 544 g/mol. The molecule has 1 saturated heterocycles. The molecule has 1 aromatic heterocycles. The van der Waals surface area contributed by atoms with Gasteiger partial charge in [-0.2, -0.15) is 13.8 Å². The van der Waals surface area contributed by atoms with Gasteiger partial charge in [-0.15, -0.1) is 0 Å². The fourth-order valence-corrected chi connectivity index (χ4v) is 6.19. The zero-order chi connectivity index (χ0) is 30.1. The lowest BCUT2D eigenvalue weighted by Gasteiger charge is -2.51. The minimum Gasteiger partial charge on any atom is -0.497 e. The van der Waals surface area contributed by atoms with Crippen LogP contribution in [0.15, 0.2) is 102 Å². The first-order valence-electron chi connectivity index (χ1n) is 13.7. The fourth-order valence-electron chi connectivity index (χ4n) is 6.19. The number of nitrogens with two attached hydrogens (primary N) is 1. The molecule has 220 valence electrons. The van der Waals surface area contributed by atoms with Crippen LogP contribution >= 0.6 is 0 Å². The summed E-state index contributed by atoms with van der Waals surface area (Å²) in [6, 6.07) is 24.6. The molecule has 0 spiro atoms. The first kappa shape index (κ1) is 29.4. The second-order valence-electron chi connectivity index (χ2n) is 10.4. The molecule has 0 aliphatic carbocycles. The topological polar surface area (TPSA) is 120 Å². The molecule has 10 heteroatoms. The van der Waals surface area contributed by atoms with Crippen LogP contribution in [-0.4, -0.2) is 51.1 Å². The number of anilines is 1. The predicted octanol–water partition coefficient (Wildman–Crippen LogP) is 4.08. The van der Waals surface area contributed by atoms with Crippen LogP contribution in [0.3, 0.4) is 0 Å². The van der Waals surface area contributed by atoms with E-state index in [9.17, 15) is 15.0 Å². The summed E-state index contributed by atoms with van der Waals surface area (Å²) in [7, 11) is 1.49. The highest BCUT2D eigenvalue weighted by molar-refractivity contribution is 5.56. The molecular formula is C32H33F2N3O5. The van der Waals surface area contributed by atoms with Crippen LogP contribution in [0.4, 0.5) is 14.6 Å². The average molecular weight is 578 g/mol. The van der Waals surface area contributed by atoms with Crippen molar-refractivity contribution >= 4 is 5.82 Å². The molecule has 1 aliphatic rings. The summed E-state index contributed by atoms with van der Waals surface area (Å²) in [5, 5.41) is 22.4. The normalized spacial score (nSPS) is 22.5. The van der Waals surface area contributed by atoms with E-state index in [4.69, 9.17) is 15.2 Å². The number of aliphatic hydroxyl groups excluding tert-OH is 2. The summed E-state index contributed by atoms with van der Waals surface area (Å²) in [5.41, 5.74) is 0.665. The molecule has 1 aliphatic heterocycles. The molecule has 4 atom stereocenters. The van der Waals surface area contributed by atoms with Gasteiger partial charge < -0.3 is 25.4 Å². The van der Waals surface area contributed by atoms with Crippen molar-refractivity contribution in [2.45, 2.75) is 55.1 Å². The van der Waals surface area contributed by atoms with Gasteiger partial charge in [0.1, 0.15) is 17.7 Å². The van der Waals surface area contributed by atoms with Gasteiger partial charge in [0, 0.05) is 6.20 Å². The Balaban J connectivity index is 2.02. The molecule has 0 unspecified atom stereocenters. The Morgan fingerprint density at radius 3 is 2.05 bits per heavy atom. The number of alkyl halides is 2. The lowest BCUT2D eigenvalue weighted by atomic mass is 9.60. The van der Waals surface area contributed by atoms with Gasteiger partial charge in [0.05, 0.1) is 18.6 Å². The molecule has 4 N–H and O–H groups in total. The SMILES string of the molecule is CCC[C@@H](O)[C@H]1O[C@](n2ccc(N)nc2=O)(C(c2ccccc2)(c2ccccc2)c2ccc(OC)cc2)C(F)(F)[C@@H]1O. The second kappa shape index (κ2) is 11.3. The highest BCUT2D eigenvalue weighted by Crippen LogP contribution is 2.62. The quantitative estimate of drug-likeness (QED) is 0.257. The van der Waals surface area contributed by atoms with E-state index < -0.39 is 41.1 Å². The molecule has 0 amide bonds. The maximum absolute atomic E-state index is 17.4. The Labute approximate surface area is 242 Å². The van der Waals surface area contributed by atoms with Crippen LogP contribution in [0.25, 0.3) is 0 Å². The monoisotopic (exact) mass is 577 g/mol. The number of aliphatic hydroxyl groups is 2. The number of benzene rings is 3. The minimum atomic E-state index is -4.18. The van der Waals surface area contributed by atoms with Gasteiger partial charge in [-0.25, -0.2) is 4.79 Å². The predicted molar refractivity (Wildman–Crippen MR) is 153 cm³/mol. The maximum Gasteiger partial charge on any atom is 0.352 e. The van der Waals surface area contributed by atoms with Gasteiger partial charge in [0.25, 0.3) is 0 Å². The van der Waals surface area contributed by atoms with E-state index >= 15 is 8.78 Å². The molecule has 8 nitrogen and oxygen atoms in total. The van der Waals surface area contributed by atoms with Gasteiger partial charge in [-0.1, -0.05) is 86.1 Å². The average Bonchev–Trinajstić information content (AvgIpc) is 3.21. The van der Waals surface area contributed by atoms with Crippen molar-refractivity contribution < 1.29 is 28.5 Å². The summed E-state index contributed by atoms with van der Waals surface area (Å²) in [5.74, 6) is -3.88. The van der Waals surface area contributed by atoms with E-state index in [-0.39, 0.29) is 12.2 Å². The number of rotatable bonds is 9. The van der Waals surface area contributed by atoms with Crippen LogP contribution in [0.1, 0.15) is 36.5 Å². The molecule has 3 aromatic carbocycles. The van der Waals surface area contributed by atoms with Crippen molar-refractivity contribution in [2.75, 3.05) is 12.8 Å². The number of ether oxygens (including phenoxy) is 2. The van der Waals surface area contributed by atoms with E-state index in [1.807, 2.05) is 0 Å². The molecule has 1 fully saturated rings. The summed E-state index contributed by atoms with van der Waals surface area (Å²) in [6.45, 7) is 1.78. The van der Waals surface area contributed by atoms with Gasteiger partial charge >= 0.3 is 11.6 Å². The maximum atomic E-state index is 17.4. The lowest BCUT2D eigenvalue weighted by Crippen LogP contribution is -2.67. The molecule has 4 aromatic rings. The van der Waals surface area contributed by atoms with Crippen LogP contribution in [-0.2, 0) is 15.9 Å². The zero-order valence-corrected chi connectivity index (χ0v) is 23.2. The smallest absolute Gasteiger partial charge is 0.352 e. The van der Waals surface area contributed by atoms with Crippen LogP contribution in [0.2, 0.25) is 0 Å². The number of aromatic nitrogens is 2. The third-order valence-electron chi connectivity index (χ3n) is 8.01. The summed E-state index contributed by atoms with van der Waals surface area (Å²) in [4.78, 5) is 17.5. The minimum absolute atomic E-state index is 0.0784. The third-order valence-corrected chi connectivity index (χ3v) is 8.01. The highest BCUT2D eigenvalue weighted by atomic mass is 19.3. The second-order valence-corrected chi connectivity index (χ2v) is 10.4. The summed E-state index contributed by atoms with van der Waals surface area (Å²) < 4.78 is 47.3. The summed E-state index contributed by atoms with van der Waals surface area (Å²) in [6.07, 6.45) is -4.09. The Kier molecular flexibility index (Phi) is 7.89. The zero-order valence-electron chi connectivity index (χ0n) is 23.2.